The molecule has 1 aliphatic heterocycles. The molecule has 2 aromatic rings. The van der Waals surface area contributed by atoms with Gasteiger partial charge in [0, 0.05) is 19.2 Å². The van der Waals surface area contributed by atoms with Gasteiger partial charge in [0.15, 0.2) is 0 Å². The first kappa shape index (κ1) is 15.3. The fraction of sp³-hybridized carbons (Fsp3) is 0.250. The lowest BCUT2D eigenvalue weighted by Gasteiger charge is -2.28. The molecule has 0 N–H and O–H groups in total. The van der Waals surface area contributed by atoms with E-state index in [2.05, 4.69) is 0 Å². The minimum atomic E-state index is -3.56. The van der Waals surface area contributed by atoms with Crippen LogP contribution < -0.4 is 4.74 Å². The number of ether oxygens (including phenoxy) is 1. The Morgan fingerprint density at radius 3 is 2.59 bits per heavy atom. The van der Waals surface area contributed by atoms with Crippen LogP contribution in [0.5, 0.6) is 5.75 Å². The molecule has 1 aliphatic rings. The van der Waals surface area contributed by atoms with E-state index in [1.165, 1.54) is 29.1 Å². The molecule has 4 nitrogen and oxygen atoms in total. The predicted molar refractivity (Wildman–Crippen MR) is 85.7 cm³/mol. The largest absolute Gasteiger partial charge is 0.495 e. The highest BCUT2D eigenvalue weighted by atomic mass is 35.5. The number of benzene rings is 2. The van der Waals surface area contributed by atoms with Gasteiger partial charge in [0.25, 0.3) is 0 Å². The molecule has 0 fully saturated rings. The summed E-state index contributed by atoms with van der Waals surface area (Å²) < 4.78 is 32.2. The number of nitrogens with zero attached hydrogens (tertiary/aromatic N) is 1. The zero-order chi connectivity index (χ0) is 15.7. The first-order valence-corrected chi connectivity index (χ1v) is 8.74. The number of halogens is 1. The third-order valence-corrected chi connectivity index (χ3v) is 6.01. The number of rotatable bonds is 3. The average molecular weight is 338 g/mol. The Labute approximate surface area is 135 Å². The Morgan fingerprint density at radius 2 is 1.86 bits per heavy atom. The molecule has 0 saturated heterocycles. The van der Waals surface area contributed by atoms with Gasteiger partial charge in [0.2, 0.25) is 10.0 Å². The molecule has 0 bridgehead atoms. The first-order chi connectivity index (χ1) is 10.5. The van der Waals surface area contributed by atoms with Crippen molar-refractivity contribution >= 4 is 21.6 Å². The maximum absolute atomic E-state index is 12.8. The van der Waals surface area contributed by atoms with Crippen molar-refractivity contribution in [3.8, 4) is 5.75 Å². The van der Waals surface area contributed by atoms with Crippen LogP contribution in [0.4, 0.5) is 0 Å². The first-order valence-electron chi connectivity index (χ1n) is 6.93. The van der Waals surface area contributed by atoms with E-state index < -0.39 is 10.0 Å². The quantitative estimate of drug-likeness (QED) is 0.864. The smallest absolute Gasteiger partial charge is 0.243 e. The molecule has 0 aromatic heterocycles. The van der Waals surface area contributed by atoms with Gasteiger partial charge in [-0.3, -0.25) is 0 Å². The monoisotopic (exact) mass is 337 g/mol. The summed E-state index contributed by atoms with van der Waals surface area (Å²) >= 11 is 5.97. The van der Waals surface area contributed by atoms with Gasteiger partial charge in [0.05, 0.1) is 17.0 Å². The van der Waals surface area contributed by atoms with Gasteiger partial charge in [-0.1, -0.05) is 35.9 Å². The maximum Gasteiger partial charge on any atom is 0.243 e. The highest BCUT2D eigenvalue weighted by molar-refractivity contribution is 7.89. The van der Waals surface area contributed by atoms with E-state index in [9.17, 15) is 8.42 Å². The van der Waals surface area contributed by atoms with E-state index in [-0.39, 0.29) is 4.90 Å². The second-order valence-corrected chi connectivity index (χ2v) is 7.50. The number of fused-ring (bicyclic) bond motifs is 1. The van der Waals surface area contributed by atoms with Crippen molar-refractivity contribution in [3.05, 3.63) is 58.6 Å². The Morgan fingerprint density at radius 1 is 1.14 bits per heavy atom. The summed E-state index contributed by atoms with van der Waals surface area (Å²) in [5.41, 5.74) is 2.26. The maximum atomic E-state index is 12.8. The normalized spacial score (nSPS) is 15.4. The van der Waals surface area contributed by atoms with Crippen molar-refractivity contribution < 1.29 is 13.2 Å². The van der Waals surface area contributed by atoms with E-state index in [0.29, 0.717) is 23.9 Å². The minimum Gasteiger partial charge on any atom is -0.495 e. The highest BCUT2D eigenvalue weighted by Crippen LogP contribution is 2.30. The molecule has 3 rings (SSSR count). The molecular formula is C16H16ClNO3S. The topological polar surface area (TPSA) is 46.6 Å². The fourth-order valence-corrected chi connectivity index (χ4v) is 4.25. The minimum absolute atomic E-state index is 0.202. The van der Waals surface area contributed by atoms with Gasteiger partial charge < -0.3 is 4.74 Å². The van der Waals surface area contributed by atoms with Gasteiger partial charge in [-0.05, 0) is 29.7 Å². The van der Waals surface area contributed by atoms with Crippen molar-refractivity contribution in [2.45, 2.75) is 17.9 Å². The van der Waals surface area contributed by atoms with Gasteiger partial charge in [0.1, 0.15) is 5.75 Å². The van der Waals surface area contributed by atoms with E-state index >= 15 is 0 Å². The molecule has 0 atom stereocenters. The van der Waals surface area contributed by atoms with Gasteiger partial charge in [-0.25, -0.2) is 8.42 Å². The van der Waals surface area contributed by atoms with Crippen LogP contribution in [0.2, 0.25) is 5.02 Å². The lowest BCUT2D eigenvalue weighted by molar-refractivity contribution is 0.389. The molecule has 2 aromatic carbocycles. The molecule has 0 aliphatic carbocycles. The summed E-state index contributed by atoms with van der Waals surface area (Å²) in [6.45, 7) is 0.869. The van der Waals surface area contributed by atoms with Crippen LogP contribution in [-0.4, -0.2) is 26.4 Å². The van der Waals surface area contributed by atoms with Crippen LogP contribution in [0.3, 0.4) is 0 Å². The fourth-order valence-electron chi connectivity index (χ4n) is 2.62. The van der Waals surface area contributed by atoms with Crippen LogP contribution in [0.25, 0.3) is 0 Å². The Kier molecular flexibility index (Phi) is 4.12. The third kappa shape index (κ3) is 2.72. The molecule has 0 saturated carbocycles. The van der Waals surface area contributed by atoms with Crippen molar-refractivity contribution in [2.24, 2.45) is 0 Å². The van der Waals surface area contributed by atoms with Gasteiger partial charge >= 0.3 is 0 Å². The Balaban J connectivity index is 1.94. The molecule has 116 valence electrons. The molecule has 0 amide bonds. The van der Waals surface area contributed by atoms with Crippen LogP contribution in [0, 0.1) is 0 Å². The number of hydrogen-bond acceptors (Lipinski definition) is 3. The molecule has 0 unspecified atom stereocenters. The summed E-state index contributed by atoms with van der Waals surface area (Å²) in [5, 5.41) is 0.394. The average Bonchev–Trinajstić information content (AvgIpc) is 2.54. The zero-order valence-electron chi connectivity index (χ0n) is 12.1. The summed E-state index contributed by atoms with van der Waals surface area (Å²) in [7, 11) is -2.09. The van der Waals surface area contributed by atoms with Crippen molar-refractivity contribution in [1.82, 2.24) is 4.31 Å². The summed E-state index contributed by atoms with van der Waals surface area (Å²) in [5.74, 6) is 0.361. The molecular weight excluding hydrogens is 322 g/mol. The summed E-state index contributed by atoms with van der Waals surface area (Å²) in [6.07, 6.45) is 0.722. The summed E-state index contributed by atoms with van der Waals surface area (Å²) in [6, 6.07) is 12.5. The molecule has 0 spiro atoms. The summed E-state index contributed by atoms with van der Waals surface area (Å²) in [4.78, 5) is 0.202. The van der Waals surface area contributed by atoms with Crippen LogP contribution in [-0.2, 0) is 23.0 Å². The standard InChI is InChI=1S/C16H16ClNO3S/c1-21-16-10-14(6-7-15(16)17)22(19,20)18-9-8-12-4-2-3-5-13(12)11-18/h2-7,10H,8-9,11H2,1H3. The van der Waals surface area contributed by atoms with E-state index in [0.717, 1.165) is 12.0 Å². The van der Waals surface area contributed by atoms with Gasteiger partial charge in [-0.15, -0.1) is 0 Å². The highest BCUT2D eigenvalue weighted by Gasteiger charge is 2.28. The molecule has 0 radical (unpaired) electrons. The van der Waals surface area contributed by atoms with E-state index in [4.69, 9.17) is 16.3 Å². The van der Waals surface area contributed by atoms with E-state index in [1.807, 2.05) is 24.3 Å². The Hall–Kier alpha value is -1.56. The lowest BCUT2D eigenvalue weighted by Crippen LogP contribution is -2.35. The number of sulfonamides is 1. The van der Waals surface area contributed by atoms with Crippen LogP contribution in [0.1, 0.15) is 11.1 Å². The van der Waals surface area contributed by atoms with Crippen molar-refractivity contribution in [1.29, 1.82) is 0 Å². The number of hydrogen-bond donors (Lipinski definition) is 0. The van der Waals surface area contributed by atoms with E-state index in [1.54, 1.807) is 6.07 Å². The predicted octanol–water partition coefficient (Wildman–Crippen LogP) is 3.10. The Bertz CT molecular complexity index is 805. The zero-order valence-corrected chi connectivity index (χ0v) is 13.7. The van der Waals surface area contributed by atoms with Crippen LogP contribution >= 0.6 is 11.6 Å². The van der Waals surface area contributed by atoms with Crippen molar-refractivity contribution in [2.75, 3.05) is 13.7 Å². The lowest BCUT2D eigenvalue weighted by atomic mass is 10.0. The van der Waals surface area contributed by atoms with Crippen molar-refractivity contribution in [3.63, 3.8) is 0 Å². The second kappa shape index (κ2) is 5.91. The van der Waals surface area contributed by atoms with Gasteiger partial charge in [-0.2, -0.15) is 4.31 Å². The molecule has 1 heterocycles. The molecule has 6 heteroatoms. The second-order valence-electron chi connectivity index (χ2n) is 5.15. The molecule has 22 heavy (non-hydrogen) atoms. The van der Waals surface area contributed by atoms with Crippen LogP contribution in [0.15, 0.2) is 47.4 Å². The third-order valence-electron chi connectivity index (χ3n) is 3.86. The SMILES string of the molecule is COc1cc(S(=O)(=O)N2CCc3ccccc3C2)ccc1Cl. The number of methoxy groups -OCH3 is 1.